The Labute approximate surface area is 287 Å². The van der Waals surface area contributed by atoms with E-state index in [2.05, 4.69) is 69.8 Å². The Hall–Kier alpha value is -7.57. The molecule has 9 rings (SSSR count). The molecule has 2 heterocycles. The van der Waals surface area contributed by atoms with Crippen molar-refractivity contribution < 1.29 is 0 Å². The van der Waals surface area contributed by atoms with E-state index in [0.29, 0.717) is 22.4 Å². The Bertz CT molecular complexity index is 2900. The molecule has 0 saturated carbocycles. The lowest BCUT2D eigenvalue weighted by atomic mass is 9.90. The first-order chi connectivity index (χ1) is 24.7. The van der Waals surface area contributed by atoms with E-state index >= 15 is 0 Å². The van der Waals surface area contributed by atoms with Gasteiger partial charge in [-0.1, -0.05) is 84.9 Å². The highest BCUT2D eigenvalue weighted by Crippen LogP contribution is 2.40. The number of nitriles is 3. The van der Waals surface area contributed by atoms with Crippen LogP contribution < -0.4 is 0 Å². The predicted molar refractivity (Wildman–Crippen MR) is 198 cm³/mol. The fourth-order valence-electron chi connectivity index (χ4n) is 7.36. The number of hydrogen-bond acceptors (Lipinski definition) is 3. The number of nitrogens with zero attached hydrogens (tertiary/aromatic N) is 5. The average Bonchev–Trinajstić information content (AvgIpc) is 3.69. The molecule has 0 unspecified atom stereocenters. The van der Waals surface area contributed by atoms with Crippen LogP contribution in [0.1, 0.15) is 16.7 Å². The zero-order chi connectivity index (χ0) is 33.8. The van der Waals surface area contributed by atoms with Crippen LogP contribution in [0.4, 0.5) is 0 Å². The maximum Gasteiger partial charge on any atom is 0.105 e. The average molecular weight is 634 g/mol. The third-order valence-electron chi connectivity index (χ3n) is 9.52. The summed E-state index contributed by atoms with van der Waals surface area (Å²) in [4.78, 5) is 0. The molecule has 0 bridgehead atoms. The molecule has 5 nitrogen and oxygen atoms in total. The Morgan fingerprint density at radius 2 is 1.18 bits per heavy atom. The van der Waals surface area contributed by atoms with Crippen LogP contribution in [0.5, 0.6) is 0 Å². The van der Waals surface area contributed by atoms with E-state index in [-0.39, 0.29) is 0 Å². The van der Waals surface area contributed by atoms with Crippen molar-refractivity contribution in [1.29, 1.82) is 15.8 Å². The quantitative estimate of drug-likeness (QED) is 0.193. The molecule has 228 valence electrons. The third kappa shape index (κ3) is 4.19. The van der Waals surface area contributed by atoms with Gasteiger partial charge < -0.3 is 9.13 Å². The molecule has 0 atom stereocenters. The van der Waals surface area contributed by atoms with Crippen LogP contribution in [0.2, 0.25) is 0 Å². The minimum atomic E-state index is 0.495. The van der Waals surface area contributed by atoms with Gasteiger partial charge in [-0.15, -0.1) is 0 Å². The molecule has 0 aliphatic rings. The van der Waals surface area contributed by atoms with Crippen molar-refractivity contribution in [3.8, 4) is 51.8 Å². The highest BCUT2D eigenvalue weighted by atomic mass is 15.0. The van der Waals surface area contributed by atoms with Gasteiger partial charge in [-0.3, -0.25) is 0 Å². The van der Waals surface area contributed by atoms with Crippen molar-refractivity contribution in [1.82, 2.24) is 9.13 Å². The number of hydrogen-bond donors (Lipinski definition) is 0. The molecular weight excluding hydrogens is 611 g/mol. The van der Waals surface area contributed by atoms with Gasteiger partial charge in [0.1, 0.15) is 17.7 Å². The second-order valence-electron chi connectivity index (χ2n) is 12.1. The van der Waals surface area contributed by atoms with Crippen molar-refractivity contribution in [2.75, 3.05) is 0 Å². The number of rotatable bonds is 4. The standard InChI is InChI=1S/C45H23N5/c46-26-29-19-24-44-39(25-29)37-12-3-4-16-41(37)49(44)32-22-20-30(21-23-32)33-13-8-14-34(40(33)28-48)38-15-7-9-31(27-47)45(38)50-42-17-5-1-10-35(42)36-11-2-6-18-43(36)50/h1-5,7-17,19-25H. The molecule has 0 radical (unpaired) electrons. The van der Waals surface area contributed by atoms with E-state index in [1.165, 1.54) is 0 Å². The van der Waals surface area contributed by atoms with Gasteiger partial charge in [0, 0.05) is 43.9 Å². The van der Waals surface area contributed by atoms with Crippen LogP contribution in [-0.2, 0) is 0 Å². The lowest BCUT2D eigenvalue weighted by Gasteiger charge is -2.17. The lowest BCUT2D eigenvalue weighted by Crippen LogP contribution is -2.02. The van der Waals surface area contributed by atoms with E-state index in [1.54, 1.807) is 0 Å². The second-order valence-corrected chi connectivity index (χ2v) is 12.1. The van der Waals surface area contributed by atoms with Gasteiger partial charge in [-0.25, -0.2) is 0 Å². The molecule has 0 aliphatic heterocycles. The Kier molecular flexibility index (Phi) is 6.47. The zero-order valence-corrected chi connectivity index (χ0v) is 26.5. The summed E-state index contributed by atoms with van der Waals surface area (Å²) in [7, 11) is 0. The first-order valence-electron chi connectivity index (χ1n) is 16.1. The van der Waals surface area contributed by atoms with Crippen LogP contribution >= 0.6 is 0 Å². The van der Waals surface area contributed by atoms with E-state index in [9.17, 15) is 15.8 Å². The van der Waals surface area contributed by atoms with Gasteiger partial charge in [-0.05, 0) is 72.3 Å². The molecule has 0 saturated heterocycles. The topological polar surface area (TPSA) is 81.2 Å². The Morgan fingerprint density at radius 3 is 1.94 bits per heavy atom. The summed E-state index contributed by atoms with van der Waals surface area (Å²) in [5.74, 6) is 0. The summed E-state index contributed by atoms with van der Waals surface area (Å²) in [6, 6.07) is 59.4. The number of para-hydroxylation sites is 3. The molecule has 50 heavy (non-hydrogen) atoms. The molecule has 5 heteroatoms. The molecule has 0 aliphatic carbocycles. The fraction of sp³-hybridized carbons (Fsp3) is 0. The SMILES string of the molecule is N#Cc1ccc2c(c1)c1ccccc1n2-c1ccc(-c2cccc(-c3cccc(C#N)c3-n3c4c#cccc4c4ccccc43)c2C#N)cc1. The van der Waals surface area contributed by atoms with Gasteiger partial charge in [0.15, 0.2) is 0 Å². The van der Waals surface area contributed by atoms with Gasteiger partial charge in [0.2, 0.25) is 0 Å². The van der Waals surface area contributed by atoms with Crippen LogP contribution in [-0.4, -0.2) is 9.13 Å². The van der Waals surface area contributed by atoms with Crippen molar-refractivity contribution >= 4 is 43.6 Å². The molecule has 9 aromatic rings. The summed E-state index contributed by atoms with van der Waals surface area (Å²) >= 11 is 0. The summed E-state index contributed by atoms with van der Waals surface area (Å²) in [6.45, 7) is 0. The first kappa shape index (κ1) is 28.6. The second kappa shape index (κ2) is 11.3. The van der Waals surface area contributed by atoms with Crippen molar-refractivity contribution in [3.63, 3.8) is 0 Å². The van der Waals surface area contributed by atoms with Gasteiger partial charge in [0.05, 0.1) is 45.0 Å². The normalized spacial score (nSPS) is 11.0. The molecule has 0 fully saturated rings. The van der Waals surface area contributed by atoms with Gasteiger partial charge >= 0.3 is 0 Å². The zero-order valence-electron chi connectivity index (χ0n) is 26.5. The maximum absolute atomic E-state index is 10.7. The predicted octanol–water partition coefficient (Wildman–Crippen LogP) is 10.4. The number of fused-ring (bicyclic) bond motifs is 6. The van der Waals surface area contributed by atoms with E-state index in [0.717, 1.165) is 71.6 Å². The van der Waals surface area contributed by atoms with Crippen LogP contribution in [0.3, 0.4) is 0 Å². The minimum absolute atomic E-state index is 0.495. The molecule has 0 N–H and O–H groups in total. The smallest absolute Gasteiger partial charge is 0.105 e. The minimum Gasteiger partial charge on any atom is -0.309 e. The van der Waals surface area contributed by atoms with Crippen molar-refractivity contribution in [3.05, 3.63) is 168 Å². The van der Waals surface area contributed by atoms with E-state index in [1.807, 2.05) is 109 Å². The van der Waals surface area contributed by atoms with E-state index < -0.39 is 0 Å². The first-order valence-corrected chi connectivity index (χ1v) is 16.1. The lowest BCUT2D eigenvalue weighted by molar-refractivity contribution is 1.17. The number of benzene rings is 6. The molecule has 0 amide bonds. The summed E-state index contributed by atoms with van der Waals surface area (Å²) in [5.41, 5.74) is 10.4. The maximum atomic E-state index is 10.7. The summed E-state index contributed by atoms with van der Waals surface area (Å²) in [6.07, 6.45) is 0. The Morgan fingerprint density at radius 1 is 0.500 bits per heavy atom. The summed E-state index contributed by atoms with van der Waals surface area (Å²) in [5, 5.41) is 34.8. The van der Waals surface area contributed by atoms with E-state index in [4.69, 9.17) is 0 Å². The highest BCUT2D eigenvalue weighted by molar-refractivity contribution is 6.10. The van der Waals surface area contributed by atoms with Crippen LogP contribution in [0, 0.1) is 46.1 Å². The summed E-state index contributed by atoms with van der Waals surface area (Å²) < 4.78 is 4.28. The van der Waals surface area contributed by atoms with Gasteiger partial charge in [-0.2, -0.15) is 15.8 Å². The Balaban J connectivity index is 1.22. The monoisotopic (exact) mass is 633 g/mol. The van der Waals surface area contributed by atoms with Crippen LogP contribution in [0.15, 0.2) is 140 Å². The highest BCUT2D eigenvalue weighted by Gasteiger charge is 2.22. The third-order valence-corrected chi connectivity index (χ3v) is 9.52. The number of aromatic nitrogens is 2. The molecule has 7 aromatic carbocycles. The molecule has 0 spiro atoms. The van der Waals surface area contributed by atoms with Crippen molar-refractivity contribution in [2.24, 2.45) is 0 Å². The van der Waals surface area contributed by atoms with Gasteiger partial charge in [0.25, 0.3) is 0 Å². The largest absolute Gasteiger partial charge is 0.309 e. The fourth-order valence-corrected chi connectivity index (χ4v) is 7.36. The molecule has 2 aromatic heterocycles. The van der Waals surface area contributed by atoms with Crippen LogP contribution in [0.25, 0.3) is 77.2 Å². The molecular formula is C45H23N5. The van der Waals surface area contributed by atoms with Crippen molar-refractivity contribution in [2.45, 2.75) is 0 Å².